The van der Waals surface area contributed by atoms with Crippen molar-refractivity contribution in [3.8, 4) is 11.5 Å². The van der Waals surface area contributed by atoms with E-state index in [1.165, 1.54) is 7.11 Å². The summed E-state index contributed by atoms with van der Waals surface area (Å²) in [7, 11) is 3.06. The maximum absolute atomic E-state index is 12.4. The third-order valence-corrected chi connectivity index (χ3v) is 4.04. The lowest BCUT2D eigenvalue weighted by Gasteiger charge is -2.10. The Balaban J connectivity index is 1.67. The van der Waals surface area contributed by atoms with Crippen molar-refractivity contribution in [2.24, 2.45) is 0 Å². The van der Waals surface area contributed by atoms with Crippen LogP contribution >= 0.6 is 11.6 Å². The minimum absolute atomic E-state index is 0.290. The summed E-state index contributed by atoms with van der Waals surface area (Å²) in [6, 6.07) is 15.8. The number of ether oxygens (including phenoxy) is 2. The third-order valence-electron chi connectivity index (χ3n) is 3.78. The van der Waals surface area contributed by atoms with E-state index in [9.17, 15) is 4.79 Å². The lowest BCUT2D eigenvalue weighted by molar-refractivity contribution is 0.102. The van der Waals surface area contributed by atoms with Crippen LogP contribution in [0.25, 0.3) is 0 Å². The molecule has 1 aromatic heterocycles. The maximum Gasteiger partial charge on any atom is 0.256 e. The molecular weight excluding hydrogens is 366 g/mol. The van der Waals surface area contributed by atoms with Gasteiger partial charge in [0, 0.05) is 16.3 Å². The molecule has 0 bridgehead atoms. The summed E-state index contributed by atoms with van der Waals surface area (Å²) >= 11 is 5.88. The van der Waals surface area contributed by atoms with Gasteiger partial charge in [-0.1, -0.05) is 11.6 Å². The fraction of sp³-hybridized carbons (Fsp3) is 0.100. The SMILES string of the molecule is COc1ccc(C(=O)Nc2ccc(Nc3ccc(Cl)cc3)cn2)cc1OC. The van der Waals surface area contributed by atoms with E-state index in [1.54, 1.807) is 49.7 Å². The predicted molar refractivity (Wildman–Crippen MR) is 106 cm³/mol. The Morgan fingerprint density at radius 1 is 0.926 bits per heavy atom. The van der Waals surface area contributed by atoms with E-state index in [1.807, 2.05) is 18.2 Å². The first-order valence-corrected chi connectivity index (χ1v) is 8.49. The second-order valence-corrected chi connectivity index (χ2v) is 6.02. The Hall–Kier alpha value is -3.25. The van der Waals surface area contributed by atoms with E-state index in [0.29, 0.717) is 27.9 Å². The maximum atomic E-state index is 12.4. The van der Waals surface area contributed by atoms with E-state index in [4.69, 9.17) is 21.1 Å². The molecule has 0 aliphatic rings. The second kappa shape index (κ2) is 8.42. The molecule has 1 heterocycles. The number of pyridine rings is 1. The standard InChI is InChI=1S/C20H18ClN3O3/c1-26-17-9-3-13(11-18(17)27-2)20(25)24-19-10-8-16(12-22-19)23-15-6-4-14(21)5-7-15/h3-12,23H,1-2H3,(H,22,24,25). The minimum Gasteiger partial charge on any atom is -0.493 e. The molecule has 1 amide bonds. The largest absolute Gasteiger partial charge is 0.493 e. The normalized spacial score (nSPS) is 10.2. The topological polar surface area (TPSA) is 72.5 Å². The average Bonchev–Trinajstić information content (AvgIpc) is 2.70. The van der Waals surface area contributed by atoms with E-state index < -0.39 is 0 Å². The lowest BCUT2D eigenvalue weighted by atomic mass is 10.2. The van der Waals surface area contributed by atoms with Gasteiger partial charge in [0.2, 0.25) is 0 Å². The number of hydrogen-bond donors (Lipinski definition) is 2. The van der Waals surface area contributed by atoms with Crippen molar-refractivity contribution in [1.29, 1.82) is 0 Å². The quantitative estimate of drug-likeness (QED) is 0.642. The molecule has 0 fully saturated rings. The monoisotopic (exact) mass is 383 g/mol. The highest BCUT2D eigenvalue weighted by Crippen LogP contribution is 2.28. The van der Waals surface area contributed by atoms with Crippen LogP contribution in [-0.4, -0.2) is 25.1 Å². The molecule has 2 N–H and O–H groups in total. The van der Waals surface area contributed by atoms with Crippen molar-refractivity contribution in [2.75, 3.05) is 24.9 Å². The number of carbonyl (C=O) groups excluding carboxylic acids is 1. The van der Waals surface area contributed by atoms with E-state index in [0.717, 1.165) is 11.4 Å². The Bertz CT molecular complexity index is 928. The van der Waals surface area contributed by atoms with Crippen molar-refractivity contribution in [3.63, 3.8) is 0 Å². The van der Waals surface area contributed by atoms with Gasteiger partial charge in [-0.05, 0) is 54.6 Å². The highest BCUT2D eigenvalue weighted by Gasteiger charge is 2.11. The number of nitrogens with one attached hydrogen (secondary N) is 2. The molecule has 0 saturated heterocycles. The van der Waals surface area contributed by atoms with Crippen LogP contribution in [0.4, 0.5) is 17.2 Å². The molecule has 0 spiro atoms. The summed E-state index contributed by atoms with van der Waals surface area (Å²) in [5, 5.41) is 6.63. The van der Waals surface area contributed by atoms with Crippen molar-refractivity contribution < 1.29 is 14.3 Å². The van der Waals surface area contributed by atoms with Crippen LogP contribution in [0, 0.1) is 0 Å². The number of methoxy groups -OCH3 is 2. The van der Waals surface area contributed by atoms with Crippen molar-refractivity contribution in [2.45, 2.75) is 0 Å². The molecule has 0 saturated carbocycles. The van der Waals surface area contributed by atoms with Crippen LogP contribution < -0.4 is 20.1 Å². The van der Waals surface area contributed by atoms with Crippen LogP contribution in [0.15, 0.2) is 60.8 Å². The van der Waals surface area contributed by atoms with E-state index >= 15 is 0 Å². The number of aromatic nitrogens is 1. The summed E-state index contributed by atoms with van der Waals surface area (Å²) in [5.74, 6) is 1.20. The number of hydrogen-bond acceptors (Lipinski definition) is 5. The Kier molecular flexibility index (Phi) is 5.78. The molecule has 0 radical (unpaired) electrons. The zero-order valence-corrected chi connectivity index (χ0v) is 15.6. The van der Waals surface area contributed by atoms with Crippen LogP contribution in [0.5, 0.6) is 11.5 Å². The van der Waals surface area contributed by atoms with Gasteiger partial charge in [0.05, 0.1) is 26.1 Å². The number of anilines is 3. The van der Waals surface area contributed by atoms with Crippen LogP contribution in [-0.2, 0) is 0 Å². The zero-order valence-electron chi connectivity index (χ0n) is 14.8. The molecule has 0 aliphatic carbocycles. The van der Waals surface area contributed by atoms with E-state index in [2.05, 4.69) is 15.6 Å². The Morgan fingerprint density at radius 3 is 2.26 bits per heavy atom. The smallest absolute Gasteiger partial charge is 0.256 e. The van der Waals surface area contributed by atoms with Gasteiger partial charge in [0.25, 0.3) is 5.91 Å². The second-order valence-electron chi connectivity index (χ2n) is 5.59. The van der Waals surface area contributed by atoms with Gasteiger partial charge < -0.3 is 20.1 Å². The lowest BCUT2D eigenvalue weighted by Crippen LogP contribution is -2.13. The molecule has 2 aromatic carbocycles. The average molecular weight is 384 g/mol. The first-order chi connectivity index (χ1) is 13.1. The summed E-state index contributed by atoms with van der Waals surface area (Å²) in [6.07, 6.45) is 1.64. The number of benzene rings is 2. The molecule has 3 rings (SSSR count). The van der Waals surface area contributed by atoms with Crippen molar-refractivity contribution in [3.05, 3.63) is 71.4 Å². The fourth-order valence-corrected chi connectivity index (χ4v) is 2.53. The highest BCUT2D eigenvalue weighted by atomic mass is 35.5. The van der Waals surface area contributed by atoms with Gasteiger partial charge >= 0.3 is 0 Å². The molecule has 0 aliphatic heterocycles. The van der Waals surface area contributed by atoms with Crippen LogP contribution in [0.3, 0.4) is 0 Å². The van der Waals surface area contributed by atoms with Crippen LogP contribution in [0.2, 0.25) is 5.02 Å². The highest BCUT2D eigenvalue weighted by molar-refractivity contribution is 6.30. The zero-order chi connectivity index (χ0) is 19.2. The number of amides is 1. The molecule has 0 unspecified atom stereocenters. The van der Waals surface area contributed by atoms with Gasteiger partial charge in [0.15, 0.2) is 11.5 Å². The molecule has 6 nitrogen and oxygen atoms in total. The number of halogens is 1. The summed E-state index contributed by atoms with van der Waals surface area (Å²) in [5.41, 5.74) is 2.13. The molecule has 0 atom stereocenters. The minimum atomic E-state index is -0.290. The molecule has 138 valence electrons. The first kappa shape index (κ1) is 18.5. The van der Waals surface area contributed by atoms with E-state index in [-0.39, 0.29) is 5.91 Å². The Labute approximate surface area is 162 Å². The summed E-state index contributed by atoms with van der Waals surface area (Å²) < 4.78 is 10.4. The van der Waals surface area contributed by atoms with Crippen molar-refractivity contribution >= 4 is 34.7 Å². The predicted octanol–water partition coefficient (Wildman–Crippen LogP) is 4.75. The number of rotatable bonds is 6. The fourth-order valence-electron chi connectivity index (χ4n) is 2.41. The van der Waals surface area contributed by atoms with Gasteiger partial charge in [-0.15, -0.1) is 0 Å². The van der Waals surface area contributed by atoms with Gasteiger partial charge in [-0.3, -0.25) is 4.79 Å². The summed E-state index contributed by atoms with van der Waals surface area (Å²) in [6.45, 7) is 0. The number of carbonyl (C=O) groups is 1. The first-order valence-electron chi connectivity index (χ1n) is 8.11. The van der Waals surface area contributed by atoms with Gasteiger partial charge in [0.1, 0.15) is 5.82 Å². The third kappa shape index (κ3) is 4.68. The van der Waals surface area contributed by atoms with Gasteiger partial charge in [-0.25, -0.2) is 4.98 Å². The molecule has 3 aromatic rings. The van der Waals surface area contributed by atoms with Crippen LogP contribution in [0.1, 0.15) is 10.4 Å². The van der Waals surface area contributed by atoms with Crippen molar-refractivity contribution in [1.82, 2.24) is 4.98 Å². The van der Waals surface area contributed by atoms with Gasteiger partial charge in [-0.2, -0.15) is 0 Å². The Morgan fingerprint density at radius 2 is 1.63 bits per heavy atom. The number of nitrogens with zero attached hydrogens (tertiary/aromatic N) is 1. The molecule has 27 heavy (non-hydrogen) atoms. The summed E-state index contributed by atoms with van der Waals surface area (Å²) in [4.78, 5) is 16.7. The molecular formula is C20H18ClN3O3. The molecule has 7 heteroatoms.